The van der Waals surface area contributed by atoms with Crippen molar-refractivity contribution < 1.29 is 23.7 Å². The number of fused-ring (bicyclic) bond motifs is 1. The van der Waals surface area contributed by atoms with E-state index < -0.39 is 0 Å². The van der Waals surface area contributed by atoms with E-state index in [1.165, 1.54) is 6.08 Å². The van der Waals surface area contributed by atoms with E-state index in [1.54, 1.807) is 45.6 Å². The summed E-state index contributed by atoms with van der Waals surface area (Å²) < 4.78 is 21.4. The largest absolute Gasteiger partial charge is 0.497 e. The summed E-state index contributed by atoms with van der Waals surface area (Å²) in [6.07, 6.45) is 5.27. The highest BCUT2D eigenvalue weighted by atomic mass is 16.5. The standard InChI is InChI=1S/C21H20O5/c1-23-17-5-7-21-16(11-17)8-14(13-26-21)4-6-20(22)15-9-18(24-2)12-19(10-15)25-3/h4-12H,13H2,1-3H3/b6-4+. The SMILES string of the molecule is COc1cc(OC)cc(C(=O)/C=C/C2=Cc3cc(OC)ccc3OC2)c1. The van der Waals surface area contributed by atoms with Gasteiger partial charge in [0.2, 0.25) is 0 Å². The van der Waals surface area contributed by atoms with Crippen molar-refractivity contribution in [3.8, 4) is 23.0 Å². The topological polar surface area (TPSA) is 54.0 Å². The lowest BCUT2D eigenvalue weighted by Crippen LogP contribution is -2.06. The zero-order valence-corrected chi connectivity index (χ0v) is 14.9. The van der Waals surface area contributed by atoms with E-state index in [4.69, 9.17) is 18.9 Å². The summed E-state index contributed by atoms with van der Waals surface area (Å²) in [5, 5.41) is 0. The molecule has 0 N–H and O–H groups in total. The number of ketones is 1. The lowest BCUT2D eigenvalue weighted by Gasteiger charge is -2.16. The van der Waals surface area contributed by atoms with Crippen LogP contribution in [0.5, 0.6) is 23.0 Å². The Morgan fingerprint density at radius 3 is 2.31 bits per heavy atom. The summed E-state index contributed by atoms with van der Waals surface area (Å²) in [4.78, 5) is 12.5. The van der Waals surface area contributed by atoms with Crippen molar-refractivity contribution >= 4 is 11.9 Å². The van der Waals surface area contributed by atoms with Crippen LogP contribution in [0.1, 0.15) is 15.9 Å². The van der Waals surface area contributed by atoms with Crippen LogP contribution in [-0.4, -0.2) is 33.7 Å². The molecular weight excluding hydrogens is 332 g/mol. The van der Waals surface area contributed by atoms with Gasteiger partial charge in [-0.25, -0.2) is 0 Å². The monoisotopic (exact) mass is 352 g/mol. The minimum Gasteiger partial charge on any atom is -0.497 e. The average Bonchev–Trinajstić information content (AvgIpc) is 2.70. The van der Waals surface area contributed by atoms with Crippen LogP contribution in [0.25, 0.3) is 6.08 Å². The fourth-order valence-electron chi connectivity index (χ4n) is 2.63. The van der Waals surface area contributed by atoms with Crippen molar-refractivity contribution in [2.75, 3.05) is 27.9 Å². The molecule has 0 bridgehead atoms. The summed E-state index contributed by atoms with van der Waals surface area (Å²) in [5.74, 6) is 2.56. The zero-order chi connectivity index (χ0) is 18.5. The number of hydrogen-bond donors (Lipinski definition) is 0. The zero-order valence-electron chi connectivity index (χ0n) is 14.9. The second-order valence-corrected chi connectivity index (χ2v) is 5.71. The van der Waals surface area contributed by atoms with Crippen LogP contribution in [0.3, 0.4) is 0 Å². The molecule has 0 saturated heterocycles. The average molecular weight is 352 g/mol. The van der Waals surface area contributed by atoms with Crippen LogP contribution in [-0.2, 0) is 0 Å². The van der Waals surface area contributed by atoms with Gasteiger partial charge in [0.05, 0.1) is 21.3 Å². The first-order valence-corrected chi connectivity index (χ1v) is 8.10. The van der Waals surface area contributed by atoms with Crippen molar-refractivity contribution in [3.05, 3.63) is 65.3 Å². The second-order valence-electron chi connectivity index (χ2n) is 5.71. The molecule has 1 aliphatic heterocycles. The molecule has 0 spiro atoms. The molecule has 0 unspecified atom stereocenters. The number of carbonyl (C=O) groups is 1. The van der Waals surface area contributed by atoms with Gasteiger partial charge in [-0.2, -0.15) is 0 Å². The molecule has 134 valence electrons. The number of rotatable bonds is 6. The lowest BCUT2D eigenvalue weighted by atomic mass is 10.0. The molecule has 0 amide bonds. The van der Waals surface area contributed by atoms with Crippen LogP contribution < -0.4 is 18.9 Å². The molecule has 2 aromatic carbocycles. The van der Waals surface area contributed by atoms with Gasteiger partial charge in [0.15, 0.2) is 5.78 Å². The van der Waals surface area contributed by atoms with Gasteiger partial charge in [0.25, 0.3) is 0 Å². The Balaban J connectivity index is 1.81. The van der Waals surface area contributed by atoms with Gasteiger partial charge in [0, 0.05) is 17.2 Å². The van der Waals surface area contributed by atoms with Crippen LogP contribution >= 0.6 is 0 Å². The van der Waals surface area contributed by atoms with Crippen molar-refractivity contribution in [3.63, 3.8) is 0 Å². The molecule has 2 aromatic rings. The van der Waals surface area contributed by atoms with Crippen molar-refractivity contribution in [2.45, 2.75) is 0 Å². The molecule has 0 atom stereocenters. The Kier molecular flexibility index (Phi) is 5.27. The van der Waals surface area contributed by atoms with Gasteiger partial charge in [-0.3, -0.25) is 4.79 Å². The number of allylic oxidation sites excluding steroid dienone is 1. The number of methoxy groups -OCH3 is 3. The molecule has 5 heteroatoms. The summed E-state index contributed by atoms with van der Waals surface area (Å²) >= 11 is 0. The molecule has 1 aliphatic rings. The Morgan fingerprint density at radius 2 is 1.65 bits per heavy atom. The number of hydrogen-bond acceptors (Lipinski definition) is 5. The van der Waals surface area contributed by atoms with Crippen molar-refractivity contribution in [1.82, 2.24) is 0 Å². The molecule has 3 rings (SSSR count). The Morgan fingerprint density at radius 1 is 0.962 bits per heavy atom. The van der Waals surface area contributed by atoms with E-state index in [2.05, 4.69) is 0 Å². The maximum atomic E-state index is 12.5. The van der Waals surface area contributed by atoms with Crippen LogP contribution in [0, 0.1) is 0 Å². The minimum atomic E-state index is -0.139. The maximum Gasteiger partial charge on any atom is 0.186 e. The van der Waals surface area contributed by atoms with E-state index in [9.17, 15) is 4.79 Å². The highest BCUT2D eigenvalue weighted by molar-refractivity contribution is 6.05. The fourth-order valence-corrected chi connectivity index (χ4v) is 2.63. The number of benzene rings is 2. The van der Waals surface area contributed by atoms with Gasteiger partial charge in [-0.05, 0) is 48.1 Å². The first-order valence-electron chi connectivity index (χ1n) is 8.10. The predicted octanol–water partition coefficient (Wildman–Crippen LogP) is 3.93. The molecule has 26 heavy (non-hydrogen) atoms. The van der Waals surface area contributed by atoms with Crippen LogP contribution in [0.15, 0.2) is 54.1 Å². The minimum absolute atomic E-state index is 0.139. The number of ether oxygens (including phenoxy) is 4. The second kappa shape index (κ2) is 7.78. The third-order valence-corrected chi connectivity index (χ3v) is 4.04. The van der Waals surface area contributed by atoms with Gasteiger partial charge in [-0.15, -0.1) is 0 Å². The van der Waals surface area contributed by atoms with Gasteiger partial charge in [-0.1, -0.05) is 6.08 Å². The Labute approximate surface area is 152 Å². The van der Waals surface area contributed by atoms with Crippen LogP contribution in [0.4, 0.5) is 0 Å². The Bertz CT molecular complexity index is 858. The van der Waals surface area contributed by atoms with E-state index in [-0.39, 0.29) is 5.78 Å². The quantitative estimate of drug-likeness (QED) is 0.582. The molecule has 0 saturated carbocycles. The van der Waals surface area contributed by atoms with E-state index in [1.807, 2.05) is 24.3 Å². The molecule has 0 fully saturated rings. The highest BCUT2D eigenvalue weighted by Gasteiger charge is 2.12. The number of carbonyl (C=O) groups excluding carboxylic acids is 1. The maximum absolute atomic E-state index is 12.5. The first kappa shape index (κ1) is 17.6. The molecule has 0 aliphatic carbocycles. The van der Waals surface area contributed by atoms with E-state index in [0.717, 1.165) is 22.6 Å². The van der Waals surface area contributed by atoms with Crippen molar-refractivity contribution in [2.24, 2.45) is 0 Å². The summed E-state index contributed by atoms with van der Waals surface area (Å²) in [6, 6.07) is 10.7. The van der Waals surface area contributed by atoms with E-state index in [0.29, 0.717) is 23.7 Å². The highest BCUT2D eigenvalue weighted by Crippen LogP contribution is 2.30. The Hall–Kier alpha value is -3.21. The van der Waals surface area contributed by atoms with Gasteiger partial charge in [0.1, 0.15) is 29.6 Å². The first-order chi connectivity index (χ1) is 12.6. The summed E-state index contributed by atoms with van der Waals surface area (Å²) in [6.45, 7) is 0.407. The van der Waals surface area contributed by atoms with E-state index >= 15 is 0 Å². The van der Waals surface area contributed by atoms with Crippen LogP contribution in [0.2, 0.25) is 0 Å². The van der Waals surface area contributed by atoms with Gasteiger partial charge >= 0.3 is 0 Å². The van der Waals surface area contributed by atoms with Gasteiger partial charge < -0.3 is 18.9 Å². The molecule has 0 radical (unpaired) electrons. The smallest absolute Gasteiger partial charge is 0.186 e. The molecule has 1 heterocycles. The summed E-state index contributed by atoms with van der Waals surface area (Å²) in [7, 11) is 4.72. The summed E-state index contributed by atoms with van der Waals surface area (Å²) in [5.41, 5.74) is 2.32. The third-order valence-electron chi connectivity index (χ3n) is 4.04. The van der Waals surface area contributed by atoms with Crippen molar-refractivity contribution in [1.29, 1.82) is 0 Å². The molecular formula is C21H20O5. The predicted molar refractivity (Wildman–Crippen MR) is 99.5 cm³/mol. The molecule has 5 nitrogen and oxygen atoms in total. The lowest BCUT2D eigenvalue weighted by molar-refractivity contribution is 0.104. The third kappa shape index (κ3) is 3.88. The normalized spacial score (nSPS) is 12.8. The fraction of sp³-hybridized carbons (Fsp3) is 0.190. The molecule has 0 aromatic heterocycles.